The topological polar surface area (TPSA) is 62.2 Å². The van der Waals surface area contributed by atoms with Gasteiger partial charge in [0, 0.05) is 6.04 Å². The molecule has 0 amide bonds. The van der Waals surface area contributed by atoms with Gasteiger partial charge in [-0.1, -0.05) is 6.42 Å². The number of rotatable bonds is 5. The van der Waals surface area contributed by atoms with Gasteiger partial charge in [0.15, 0.2) is 0 Å². The number of hydrogen-bond donors (Lipinski definition) is 2. The van der Waals surface area contributed by atoms with Gasteiger partial charge in [-0.3, -0.25) is 9.78 Å². The van der Waals surface area contributed by atoms with Gasteiger partial charge in [0.2, 0.25) is 0 Å². The van der Waals surface area contributed by atoms with E-state index in [0.717, 1.165) is 25.0 Å². The Morgan fingerprint density at radius 2 is 2.37 bits per heavy atom. The summed E-state index contributed by atoms with van der Waals surface area (Å²) in [5.41, 5.74) is 0.770. The third kappa shape index (κ3) is 3.50. The van der Waals surface area contributed by atoms with E-state index in [9.17, 15) is 9.18 Å². The molecule has 19 heavy (non-hydrogen) atoms. The summed E-state index contributed by atoms with van der Waals surface area (Å²) in [5.74, 6) is -1.10. The van der Waals surface area contributed by atoms with Gasteiger partial charge in [-0.25, -0.2) is 4.39 Å². The number of nitrogens with zero attached hydrogens (tertiary/aromatic N) is 1. The van der Waals surface area contributed by atoms with Crippen molar-refractivity contribution in [3.05, 3.63) is 29.8 Å². The second kappa shape index (κ2) is 6.10. The summed E-state index contributed by atoms with van der Waals surface area (Å²) in [6, 6.07) is 3.03. The number of hydrogen-bond acceptors (Lipinski definition) is 3. The van der Waals surface area contributed by atoms with E-state index in [1.54, 1.807) is 6.07 Å². The van der Waals surface area contributed by atoms with Crippen molar-refractivity contribution in [2.75, 3.05) is 6.54 Å². The van der Waals surface area contributed by atoms with Gasteiger partial charge in [0.05, 0.1) is 17.8 Å². The number of halogens is 1. The number of aliphatic carboxylic acids is 1. The number of carboxylic acids is 1. The molecule has 0 spiro atoms. The van der Waals surface area contributed by atoms with Gasteiger partial charge in [-0.05, 0) is 44.4 Å². The summed E-state index contributed by atoms with van der Waals surface area (Å²) >= 11 is 0. The lowest BCUT2D eigenvalue weighted by atomic mass is 9.96. The number of nitrogens with one attached hydrogen (secondary N) is 1. The Bertz CT molecular complexity index is 436. The molecular formula is C14H19FN2O2. The lowest BCUT2D eigenvalue weighted by Crippen LogP contribution is -2.31. The Hall–Kier alpha value is -1.49. The zero-order chi connectivity index (χ0) is 13.8. The number of carbonyl (C=O) groups is 1. The highest BCUT2D eigenvalue weighted by Gasteiger charge is 2.32. The summed E-state index contributed by atoms with van der Waals surface area (Å²) in [7, 11) is 0. The van der Waals surface area contributed by atoms with Crippen LogP contribution in [-0.2, 0) is 4.79 Å². The molecule has 1 aromatic rings. The first-order valence-corrected chi connectivity index (χ1v) is 6.65. The van der Waals surface area contributed by atoms with Crippen LogP contribution in [0.25, 0.3) is 0 Å². The SMILES string of the molecule is CC(NCC1CCCC1C(=O)O)c1ccc(F)cn1. The summed E-state index contributed by atoms with van der Waals surface area (Å²) < 4.78 is 12.8. The Kier molecular flexibility index (Phi) is 4.47. The van der Waals surface area contributed by atoms with Crippen LogP contribution in [0.15, 0.2) is 18.3 Å². The van der Waals surface area contributed by atoms with Crippen molar-refractivity contribution in [1.29, 1.82) is 0 Å². The van der Waals surface area contributed by atoms with E-state index in [2.05, 4.69) is 10.3 Å². The first-order valence-electron chi connectivity index (χ1n) is 6.65. The van der Waals surface area contributed by atoms with Gasteiger partial charge in [0.1, 0.15) is 5.82 Å². The minimum absolute atomic E-state index is 0.00403. The van der Waals surface area contributed by atoms with Crippen molar-refractivity contribution < 1.29 is 14.3 Å². The zero-order valence-corrected chi connectivity index (χ0v) is 11.0. The molecule has 1 aliphatic carbocycles. The minimum atomic E-state index is -0.697. The molecule has 0 radical (unpaired) electrons. The summed E-state index contributed by atoms with van der Waals surface area (Å²) in [6.07, 6.45) is 3.90. The zero-order valence-electron chi connectivity index (χ0n) is 11.0. The molecule has 3 atom stereocenters. The third-order valence-corrected chi connectivity index (χ3v) is 3.86. The van der Waals surface area contributed by atoms with Crippen LogP contribution in [0.2, 0.25) is 0 Å². The van der Waals surface area contributed by atoms with Crippen molar-refractivity contribution in [1.82, 2.24) is 10.3 Å². The third-order valence-electron chi connectivity index (χ3n) is 3.86. The van der Waals surface area contributed by atoms with Gasteiger partial charge < -0.3 is 10.4 Å². The average molecular weight is 266 g/mol. The highest BCUT2D eigenvalue weighted by atomic mass is 19.1. The molecule has 104 valence electrons. The highest BCUT2D eigenvalue weighted by molar-refractivity contribution is 5.70. The van der Waals surface area contributed by atoms with Gasteiger partial charge in [-0.15, -0.1) is 0 Å². The minimum Gasteiger partial charge on any atom is -0.481 e. The van der Waals surface area contributed by atoms with Gasteiger partial charge in [0.25, 0.3) is 0 Å². The maximum absolute atomic E-state index is 12.8. The molecule has 2 N–H and O–H groups in total. The van der Waals surface area contributed by atoms with Crippen LogP contribution >= 0.6 is 0 Å². The maximum atomic E-state index is 12.8. The van der Waals surface area contributed by atoms with Gasteiger partial charge >= 0.3 is 5.97 Å². The Morgan fingerprint density at radius 3 is 3.00 bits per heavy atom. The number of aromatic nitrogens is 1. The van der Waals surface area contributed by atoms with E-state index in [-0.39, 0.29) is 23.7 Å². The van der Waals surface area contributed by atoms with E-state index in [1.807, 2.05) is 6.92 Å². The Balaban J connectivity index is 1.88. The van der Waals surface area contributed by atoms with E-state index in [0.29, 0.717) is 6.54 Å². The smallest absolute Gasteiger partial charge is 0.306 e. The largest absolute Gasteiger partial charge is 0.481 e. The second-order valence-electron chi connectivity index (χ2n) is 5.17. The predicted molar refractivity (Wildman–Crippen MR) is 69.1 cm³/mol. The van der Waals surface area contributed by atoms with E-state index < -0.39 is 5.97 Å². The molecule has 1 saturated carbocycles. The van der Waals surface area contributed by atoms with Crippen molar-refractivity contribution in [3.63, 3.8) is 0 Å². The molecule has 2 rings (SSSR count). The molecule has 1 aliphatic rings. The van der Waals surface area contributed by atoms with Crippen LogP contribution < -0.4 is 5.32 Å². The lowest BCUT2D eigenvalue weighted by molar-refractivity contribution is -0.142. The van der Waals surface area contributed by atoms with E-state index >= 15 is 0 Å². The molecule has 0 saturated heterocycles. The second-order valence-corrected chi connectivity index (χ2v) is 5.17. The van der Waals surface area contributed by atoms with Crippen LogP contribution in [0.5, 0.6) is 0 Å². The standard InChI is InChI=1S/C14H19FN2O2/c1-9(13-6-5-11(15)8-17-13)16-7-10-3-2-4-12(10)14(18)19/h5-6,8-10,12,16H,2-4,7H2,1H3,(H,18,19). The summed E-state index contributed by atoms with van der Waals surface area (Å²) in [5, 5.41) is 12.4. The normalized spacial score (nSPS) is 24.3. The van der Waals surface area contributed by atoms with Crippen molar-refractivity contribution in [3.8, 4) is 0 Å². The first kappa shape index (κ1) is 13.9. The monoisotopic (exact) mass is 266 g/mol. The summed E-state index contributed by atoms with van der Waals surface area (Å²) in [4.78, 5) is 15.1. The molecule has 1 aromatic heterocycles. The van der Waals surface area contributed by atoms with E-state index in [1.165, 1.54) is 12.3 Å². The van der Waals surface area contributed by atoms with Crippen LogP contribution in [-0.4, -0.2) is 22.6 Å². The lowest BCUT2D eigenvalue weighted by Gasteiger charge is -2.19. The molecule has 0 aliphatic heterocycles. The number of pyridine rings is 1. The van der Waals surface area contributed by atoms with Gasteiger partial charge in [-0.2, -0.15) is 0 Å². The highest BCUT2D eigenvalue weighted by Crippen LogP contribution is 2.31. The Labute approximate surface area is 112 Å². The van der Waals surface area contributed by atoms with Crippen LogP contribution in [0.1, 0.15) is 37.9 Å². The van der Waals surface area contributed by atoms with Crippen molar-refractivity contribution in [2.24, 2.45) is 11.8 Å². The summed E-state index contributed by atoms with van der Waals surface area (Å²) in [6.45, 7) is 2.61. The molecule has 5 heteroatoms. The average Bonchev–Trinajstić information content (AvgIpc) is 2.85. The molecule has 1 heterocycles. The number of carboxylic acid groups (broad SMARTS) is 1. The molecule has 3 unspecified atom stereocenters. The fourth-order valence-corrected chi connectivity index (χ4v) is 2.68. The Morgan fingerprint density at radius 1 is 1.58 bits per heavy atom. The van der Waals surface area contributed by atoms with Crippen LogP contribution in [0, 0.1) is 17.7 Å². The van der Waals surface area contributed by atoms with Crippen molar-refractivity contribution in [2.45, 2.75) is 32.2 Å². The maximum Gasteiger partial charge on any atom is 0.306 e. The van der Waals surface area contributed by atoms with Crippen LogP contribution in [0.3, 0.4) is 0 Å². The molecule has 0 bridgehead atoms. The molecule has 0 aromatic carbocycles. The fourth-order valence-electron chi connectivity index (χ4n) is 2.68. The fraction of sp³-hybridized carbons (Fsp3) is 0.571. The first-order chi connectivity index (χ1) is 9.08. The van der Waals surface area contributed by atoms with Crippen molar-refractivity contribution >= 4 is 5.97 Å². The predicted octanol–water partition coefficient (Wildman–Crippen LogP) is 2.37. The molecular weight excluding hydrogens is 247 g/mol. The van der Waals surface area contributed by atoms with Crippen LogP contribution in [0.4, 0.5) is 4.39 Å². The molecule has 1 fully saturated rings. The molecule has 4 nitrogen and oxygen atoms in total. The van der Waals surface area contributed by atoms with E-state index in [4.69, 9.17) is 5.11 Å². The quantitative estimate of drug-likeness (QED) is 0.859.